The van der Waals surface area contributed by atoms with Crippen LogP contribution in [0.15, 0.2) is 66.2 Å². The predicted molar refractivity (Wildman–Crippen MR) is 127 cm³/mol. The van der Waals surface area contributed by atoms with Crippen molar-refractivity contribution in [2.75, 3.05) is 11.9 Å². The average Bonchev–Trinajstić information content (AvgIpc) is 2.80. The van der Waals surface area contributed by atoms with Crippen LogP contribution < -0.4 is 14.8 Å². The lowest BCUT2D eigenvalue weighted by Crippen LogP contribution is -2.13. The van der Waals surface area contributed by atoms with Crippen molar-refractivity contribution < 1.29 is 18.7 Å². The molecule has 0 heterocycles. The third kappa shape index (κ3) is 6.72. The molecule has 3 aromatic carbocycles. The van der Waals surface area contributed by atoms with Crippen molar-refractivity contribution in [3.05, 3.63) is 93.2 Å². The van der Waals surface area contributed by atoms with Crippen LogP contribution in [0.3, 0.4) is 0 Å². The number of carbonyl (C=O) groups excluding carboxylic acids is 1. The number of amides is 1. The van der Waals surface area contributed by atoms with Crippen LogP contribution in [0.25, 0.3) is 6.08 Å². The summed E-state index contributed by atoms with van der Waals surface area (Å²) in [6.45, 7) is 2.44. The number of carbonyl (C=O) groups is 1. The zero-order chi connectivity index (χ0) is 23.8. The number of anilines is 1. The Kier molecular flexibility index (Phi) is 8.31. The van der Waals surface area contributed by atoms with Crippen LogP contribution in [0.5, 0.6) is 11.5 Å². The Bertz CT molecular complexity index is 1220. The normalized spacial score (nSPS) is 10.9. The molecule has 5 nitrogen and oxygen atoms in total. The van der Waals surface area contributed by atoms with Gasteiger partial charge < -0.3 is 14.8 Å². The monoisotopic (exact) mass is 484 g/mol. The number of halogens is 3. The Hall–Kier alpha value is -3.53. The lowest BCUT2D eigenvalue weighted by atomic mass is 10.1. The van der Waals surface area contributed by atoms with Gasteiger partial charge in [-0.25, -0.2) is 4.39 Å². The fourth-order valence-electron chi connectivity index (χ4n) is 2.84. The number of benzene rings is 3. The highest BCUT2D eigenvalue weighted by atomic mass is 35.5. The first-order chi connectivity index (χ1) is 15.9. The minimum atomic E-state index is -0.628. The van der Waals surface area contributed by atoms with Crippen LogP contribution in [-0.4, -0.2) is 12.5 Å². The van der Waals surface area contributed by atoms with Gasteiger partial charge in [-0.1, -0.05) is 41.4 Å². The molecule has 1 N–H and O–H groups in total. The molecule has 1 amide bonds. The average molecular weight is 485 g/mol. The summed E-state index contributed by atoms with van der Waals surface area (Å²) in [5.41, 5.74) is 1.53. The van der Waals surface area contributed by atoms with Crippen molar-refractivity contribution in [1.82, 2.24) is 0 Å². The molecule has 0 unspecified atom stereocenters. The molecule has 0 bridgehead atoms. The Balaban J connectivity index is 1.79. The first-order valence-corrected chi connectivity index (χ1v) is 10.7. The minimum absolute atomic E-state index is 0.131. The maximum Gasteiger partial charge on any atom is 0.266 e. The van der Waals surface area contributed by atoms with Crippen molar-refractivity contribution in [2.45, 2.75) is 13.5 Å². The van der Waals surface area contributed by atoms with E-state index < -0.39 is 5.91 Å². The molecular weight excluding hydrogens is 466 g/mol. The van der Waals surface area contributed by atoms with Crippen molar-refractivity contribution in [2.24, 2.45) is 0 Å². The molecule has 0 atom stereocenters. The van der Waals surface area contributed by atoms with E-state index in [9.17, 15) is 14.4 Å². The van der Waals surface area contributed by atoms with Gasteiger partial charge in [0.2, 0.25) is 0 Å². The molecule has 0 spiro atoms. The lowest BCUT2D eigenvalue weighted by Gasteiger charge is -2.13. The SMILES string of the molecule is CCOc1cc(/C=C(\C#N)C(=O)Nc2cc(Cl)ccc2Cl)ccc1OCc1ccc(F)cc1. The number of hydrogen-bond donors (Lipinski definition) is 1. The first-order valence-electron chi connectivity index (χ1n) is 9.92. The molecule has 0 saturated heterocycles. The third-order valence-electron chi connectivity index (χ3n) is 4.43. The Morgan fingerprint density at radius 2 is 1.82 bits per heavy atom. The van der Waals surface area contributed by atoms with E-state index in [1.807, 2.05) is 13.0 Å². The van der Waals surface area contributed by atoms with Gasteiger partial charge in [0.1, 0.15) is 24.1 Å². The van der Waals surface area contributed by atoms with Gasteiger partial charge in [0.15, 0.2) is 11.5 Å². The lowest BCUT2D eigenvalue weighted by molar-refractivity contribution is -0.112. The van der Waals surface area contributed by atoms with E-state index in [1.165, 1.54) is 24.3 Å². The van der Waals surface area contributed by atoms with Gasteiger partial charge in [-0.2, -0.15) is 5.26 Å². The van der Waals surface area contributed by atoms with Crippen LogP contribution in [0.4, 0.5) is 10.1 Å². The highest BCUT2D eigenvalue weighted by molar-refractivity contribution is 6.36. The van der Waals surface area contributed by atoms with Crippen LogP contribution in [0.1, 0.15) is 18.1 Å². The molecule has 8 heteroatoms. The Morgan fingerprint density at radius 3 is 2.52 bits per heavy atom. The van der Waals surface area contributed by atoms with Gasteiger partial charge in [0.25, 0.3) is 5.91 Å². The summed E-state index contributed by atoms with van der Waals surface area (Å²) in [5.74, 6) is -0.0212. The zero-order valence-electron chi connectivity index (χ0n) is 17.6. The van der Waals surface area contributed by atoms with Crippen LogP contribution in [0, 0.1) is 17.1 Å². The van der Waals surface area contributed by atoms with Gasteiger partial charge in [0, 0.05) is 5.02 Å². The van der Waals surface area contributed by atoms with Gasteiger partial charge in [-0.15, -0.1) is 0 Å². The maximum absolute atomic E-state index is 13.1. The second kappa shape index (κ2) is 11.4. The standard InChI is InChI=1S/C25H19Cl2FN2O3/c1-2-32-24-12-17(5-10-23(24)33-15-16-3-7-20(28)8-4-16)11-18(14-29)25(31)30-22-13-19(26)6-9-21(22)27/h3-13H,2,15H2,1H3,(H,30,31)/b18-11+. The van der Waals surface area contributed by atoms with E-state index in [1.54, 1.807) is 42.5 Å². The second-order valence-corrected chi connectivity index (χ2v) is 7.65. The number of ether oxygens (including phenoxy) is 2. The molecule has 168 valence electrons. The van der Waals surface area contributed by atoms with E-state index in [4.69, 9.17) is 32.7 Å². The van der Waals surface area contributed by atoms with Gasteiger partial charge in [-0.05, 0) is 66.6 Å². The fourth-order valence-corrected chi connectivity index (χ4v) is 3.18. The number of nitrogens with one attached hydrogen (secondary N) is 1. The van der Waals surface area contributed by atoms with Crippen LogP contribution in [-0.2, 0) is 11.4 Å². The molecule has 0 aliphatic heterocycles. The summed E-state index contributed by atoms with van der Waals surface area (Å²) >= 11 is 12.0. The van der Waals surface area contributed by atoms with Gasteiger partial charge in [0.05, 0.1) is 17.3 Å². The summed E-state index contributed by atoms with van der Waals surface area (Å²) in [4.78, 5) is 12.6. The van der Waals surface area contributed by atoms with E-state index in [2.05, 4.69) is 5.32 Å². The van der Waals surface area contributed by atoms with E-state index in [0.717, 1.165) is 5.56 Å². The minimum Gasteiger partial charge on any atom is -0.490 e. The predicted octanol–water partition coefficient (Wildman–Crippen LogP) is 6.66. The highest BCUT2D eigenvalue weighted by Crippen LogP contribution is 2.31. The Morgan fingerprint density at radius 1 is 1.06 bits per heavy atom. The highest BCUT2D eigenvalue weighted by Gasteiger charge is 2.13. The molecular formula is C25H19Cl2FN2O3. The summed E-state index contributed by atoms with van der Waals surface area (Å²) in [5, 5.41) is 12.8. The first kappa shape index (κ1) is 24.1. The van der Waals surface area contributed by atoms with Crippen LogP contribution in [0.2, 0.25) is 10.0 Å². The second-order valence-electron chi connectivity index (χ2n) is 6.80. The largest absolute Gasteiger partial charge is 0.490 e. The smallest absolute Gasteiger partial charge is 0.266 e. The van der Waals surface area contributed by atoms with Crippen molar-refractivity contribution in [3.63, 3.8) is 0 Å². The van der Waals surface area contributed by atoms with Crippen molar-refractivity contribution in [1.29, 1.82) is 5.26 Å². The molecule has 33 heavy (non-hydrogen) atoms. The van der Waals surface area contributed by atoms with E-state index in [0.29, 0.717) is 39.4 Å². The van der Waals surface area contributed by atoms with Gasteiger partial charge >= 0.3 is 0 Å². The molecule has 0 fully saturated rings. The van der Waals surface area contributed by atoms with E-state index in [-0.39, 0.29) is 18.0 Å². The molecule has 0 aliphatic rings. The number of rotatable bonds is 8. The summed E-state index contributed by atoms with van der Waals surface area (Å²) in [6.07, 6.45) is 1.43. The van der Waals surface area contributed by atoms with Crippen LogP contribution >= 0.6 is 23.2 Å². The Labute approximate surface area is 201 Å². The van der Waals surface area contributed by atoms with Crippen molar-refractivity contribution >= 4 is 40.9 Å². The van der Waals surface area contributed by atoms with Gasteiger partial charge in [-0.3, -0.25) is 4.79 Å². The number of nitriles is 1. The summed E-state index contributed by atoms with van der Waals surface area (Å²) < 4.78 is 24.5. The topological polar surface area (TPSA) is 71.3 Å². The quantitative estimate of drug-likeness (QED) is 0.286. The maximum atomic E-state index is 13.1. The third-order valence-corrected chi connectivity index (χ3v) is 4.99. The van der Waals surface area contributed by atoms with Crippen molar-refractivity contribution in [3.8, 4) is 17.6 Å². The summed E-state index contributed by atoms with van der Waals surface area (Å²) in [7, 11) is 0. The molecule has 0 aliphatic carbocycles. The molecule has 0 saturated carbocycles. The number of nitrogens with zero attached hydrogens (tertiary/aromatic N) is 1. The number of hydrogen-bond acceptors (Lipinski definition) is 4. The molecule has 3 aromatic rings. The van der Waals surface area contributed by atoms with E-state index >= 15 is 0 Å². The molecule has 0 aromatic heterocycles. The summed E-state index contributed by atoms with van der Waals surface area (Å²) in [6, 6.07) is 17.6. The zero-order valence-corrected chi connectivity index (χ0v) is 19.1. The fraction of sp³-hybridized carbons (Fsp3) is 0.120. The molecule has 0 radical (unpaired) electrons. The molecule has 3 rings (SSSR count).